The Labute approximate surface area is 365 Å². The van der Waals surface area contributed by atoms with Gasteiger partial charge in [0.25, 0.3) is 0 Å². The molecule has 5 heteroatoms. The van der Waals surface area contributed by atoms with E-state index >= 15 is 0 Å². The second kappa shape index (κ2) is 23.0. The number of nitrogens with one attached hydrogen (secondary N) is 1. The Morgan fingerprint density at radius 2 is 1.48 bits per heavy atom. The number of nitrogens with zero attached hydrogens (tertiary/aromatic N) is 4. The van der Waals surface area contributed by atoms with Gasteiger partial charge in [0.1, 0.15) is 5.84 Å². The van der Waals surface area contributed by atoms with E-state index in [0.29, 0.717) is 11.7 Å². The summed E-state index contributed by atoms with van der Waals surface area (Å²) in [5.74, 6) is 1.27. The lowest BCUT2D eigenvalue weighted by molar-refractivity contribution is 0.960. The Bertz CT molecular complexity index is 2480. The molecule has 0 bridgehead atoms. The minimum atomic E-state index is 0.591. The molecule has 5 aromatic rings. The highest BCUT2D eigenvalue weighted by Crippen LogP contribution is 2.42. The average molecular weight is 804 g/mol. The van der Waals surface area contributed by atoms with Gasteiger partial charge in [-0.25, -0.2) is 9.98 Å². The largest absolute Gasteiger partial charge is 0.373 e. The van der Waals surface area contributed by atoms with Crippen molar-refractivity contribution in [3.05, 3.63) is 222 Å². The molecule has 5 nitrogen and oxygen atoms in total. The summed E-state index contributed by atoms with van der Waals surface area (Å²) in [5.41, 5.74) is 15.1. The van der Waals surface area contributed by atoms with E-state index in [2.05, 4.69) is 132 Å². The number of hydrogen-bond donors (Lipinski definition) is 1. The van der Waals surface area contributed by atoms with Crippen LogP contribution in [0.5, 0.6) is 0 Å². The molecule has 4 aromatic carbocycles. The number of likely N-dealkylation sites (N-methyl/N-ethyl adjacent to an activating group) is 1. The van der Waals surface area contributed by atoms with Crippen LogP contribution in [0.3, 0.4) is 0 Å². The lowest BCUT2D eigenvalue weighted by Gasteiger charge is -2.29. The van der Waals surface area contributed by atoms with E-state index in [-0.39, 0.29) is 0 Å². The molecule has 0 saturated carbocycles. The predicted molar refractivity (Wildman–Crippen MR) is 268 cm³/mol. The molecule has 61 heavy (non-hydrogen) atoms. The Balaban J connectivity index is 0.00000171. The van der Waals surface area contributed by atoms with Gasteiger partial charge in [0.05, 0.1) is 5.69 Å². The first-order valence-corrected chi connectivity index (χ1v) is 21.6. The Morgan fingerprint density at radius 1 is 0.770 bits per heavy atom. The number of anilines is 2. The summed E-state index contributed by atoms with van der Waals surface area (Å²) in [6.45, 7) is 22.5. The number of allylic oxidation sites excluding steroid dienone is 9. The van der Waals surface area contributed by atoms with E-state index in [1.165, 1.54) is 44.9 Å². The van der Waals surface area contributed by atoms with Crippen LogP contribution in [-0.4, -0.2) is 23.3 Å². The van der Waals surface area contributed by atoms with Gasteiger partial charge in [-0.15, -0.1) is 0 Å². The van der Waals surface area contributed by atoms with Crippen LogP contribution in [0.15, 0.2) is 193 Å². The van der Waals surface area contributed by atoms with Gasteiger partial charge in [0.2, 0.25) is 0 Å². The lowest BCUT2D eigenvalue weighted by atomic mass is 9.89. The first kappa shape index (κ1) is 45.1. The summed E-state index contributed by atoms with van der Waals surface area (Å²) in [5, 5.41) is 3.20. The fourth-order valence-electron chi connectivity index (χ4n) is 7.51. The molecular weight excluding hydrogens is 743 g/mol. The van der Waals surface area contributed by atoms with Crippen LogP contribution >= 0.6 is 0 Å². The zero-order valence-corrected chi connectivity index (χ0v) is 36.9. The van der Waals surface area contributed by atoms with Crippen molar-refractivity contribution in [3.63, 3.8) is 0 Å². The quantitative estimate of drug-likeness (QED) is 0.0732. The van der Waals surface area contributed by atoms with Crippen molar-refractivity contribution in [1.82, 2.24) is 9.88 Å². The molecule has 310 valence electrons. The fourth-order valence-corrected chi connectivity index (χ4v) is 7.51. The van der Waals surface area contributed by atoms with Crippen LogP contribution in [0.1, 0.15) is 80.2 Å². The summed E-state index contributed by atoms with van der Waals surface area (Å²) in [6, 6.07) is 36.0. The highest BCUT2D eigenvalue weighted by Gasteiger charge is 2.27. The monoisotopic (exact) mass is 803 g/mol. The maximum atomic E-state index is 4.97. The number of hydrogen-bond acceptors (Lipinski definition) is 2. The molecule has 0 fully saturated rings. The molecule has 0 radical (unpaired) electrons. The number of aryl methyl sites for hydroxylation is 1. The third kappa shape index (κ3) is 10.8. The molecule has 7 rings (SSSR count). The first-order valence-electron chi connectivity index (χ1n) is 21.6. The standard InChI is InChI=1S/C52H49N5.2C2H6/c1-6-9-11-18-27-51(53-5)55-52(54-43-21-14-12-15-22-43)40-30-33-45(34-31-40)56(38(4)20-10-7-2)49-36-41(29-28-39(49)8-3)42-32-35-47-46-25-19-26-48(46)57(50(47)37-42)44-23-16-13-17-24-44;2*1-2/h6-7,9-24,26-31,33-34,36-37H,1-2,4,8,25,32,35H2,3,5H3,(H,53,54,55);2*1-2H3/b11-9-,20-10-,27-18?;;. The van der Waals surface area contributed by atoms with E-state index in [1.54, 1.807) is 12.2 Å². The normalized spacial score (nSPS) is 13.2. The molecule has 2 aliphatic carbocycles. The summed E-state index contributed by atoms with van der Waals surface area (Å²) in [7, 11) is 1.86. The number of aliphatic imine (C=N–C) groups is 2. The molecule has 1 heterocycles. The summed E-state index contributed by atoms with van der Waals surface area (Å²) in [6.07, 6.45) is 26.0. The van der Waals surface area contributed by atoms with Crippen LogP contribution < -0.4 is 10.2 Å². The third-order valence-electron chi connectivity index (χ3n) is 10.3. The maximum absolute atomic E-state index is 4.97. The summed E-state index contributed by atoms with van der Waals surface area (Å²) < 4.78 is 2.44. The maximum Gasteiger partial charge on any atom is 0.162 e. The third-order valence-corrected chi connectivity index (χ3v) is 10.3. The number of rotatable bonds is 13. The van der Waals surface area contributed by atoms with Crippen LogP contribution in [-0.2, 0) is 19.3 Å². The van der Waals surface area contributed by atoms with Gasteiger partial charge in [-0.1, -0.05) is 145 Å². The van der Waals surface area contributed by atoms with E-state index in [4.69, 9.17) is 9.98 Å². The smallest absolute Gasteiger partial charge is 0.162 e. The average Bonchev–Trinajstić information content (AvgIpc) is 3.92. The lowest BCUT2D eigenvalue weighted by Crippen LogP contribution is -2.18. The van der Waals surface area contributed by atoms with E-state index in [0.717, 1.165) is 54.0 Å². The van der Waals surface area contributed by atoms with Gasteiger partial charge in [-0.3, -0.25) is 0 Å². The molecule has 0 spiro atoms. The van der Waals surface area contributed by atoms with Crippen molar-refractivity contribution in [1.29, 1.82) is 0 Å². The van der Waals surface area contributed by atoms with Crippen LogP contribution in [0.4, 0.5) is 17.1 Å². The van der Waals surface area contributed by atoms with Crippen LogP contribution in [0.25, 0.3) is 23.4 Å². The fraction of sp³-hybridized carbons (Fsp3) is 0.179. The molecule has 1 aromatic heterocycles. The molecule has 0 amide bonds. The number of benzene rings is 4. The minimum absolute atomic E-state index is 0.591. The van der Waals surface area contributed by atoms with Crippen LogP contribution in [0.2, 0.25) is 0 Å². The number of fused-ring (bicyclic) bond motifs is 3. The summed E-state index contributed by atoms with van der Waals surface area (Å²) in [4.78, 5) is 12.2. The van der Waals surface area contributed by atoms with Gasteiger partial charge in [0.15, 0.2) is 5.84 Å². The first-order chi connectivity index (χ1) is 30.0. The van der Waals surface area contributed by atoms with Crippen molar-refractivity contribution < 1.29 is 0 Å². The zero-order chi connectivity index (χ0) is 43.6. The molecule has 0 aliphatic heterocycles. The predicted octanol–water partition coefficient (Wildman–Crippen LogP) is 14.5. The van der Waals surface area contributed by atoms with Gasteiger partial charge in [-0.2, -0.15) is 0 Å². The molecular formula is C56H61N5. The van der Waals surface area contributed by atoms with Crippen LogP contribution in [0, 0.1) is 0 Å². The van der Waals surface area contributed by atoms with Crippen molar-refractivity contribution >= 4 is 46.5 Å². The Kier molecular flexibility index (Phi) is 17.0. The molecule has 0 saturated heterocycles. The number of aromatic nitrogens is 1. The van der Waals surface area contributed by atoms with Crippen molar-refractivity contribution in [2.24, 2.45) is 9.98 Å². The number of amidine groups is 2. The summed E-state index contributed by atoms with van der Waals surface area (Å²) >= 11 is 0. The minimum Gasteiger partial charge on any atom is -0.373 e. The highest BCUT2D eigenvalue weighted by atomic mass is 15.1. The topological polar surface area (TPSA) is 44.9 Å². The second-order valence-electron chi connectivity index (χ2n) is 13.8. The Morgan fingerprint density at radius 3 is 2.15 bits per heavy atom. The van der Waals surface area contributed by atoms with Gasteiger partial charge in [0, 0.05) is 46.8 Å². The zero-order valence-electron chi connectivity index (χ0n) is 36.9. The van der Waals surface area contributed by atoms with Crippen molar-refractivity contribution in [3.8, 4) is 5.69 Å². The highest BCUT2D eigenvalue weighted by molar-refractivity contribution is 6.10. The van der Waals surface area contributed by atoms with E-state index in [9.17, 15) is 0 Å². The van der Waals surface area contributed by atoms with E-state index in [1.807, 2.05) is 102 Å². The Hall–Kier alpha value is -6.98. The van der Waals surface area contributed by atoms with E-state index < -0.39 is 0 Å². The molecule has 0 unspecified atom stereocenters. The van der Waals surface area contributed by atoms with Crippen molar-refractivity contribution in [2.45, 2.75) is 60.3 Å². The van der Waals surface area contributed by atoms with Gasteiger partial charge in [-0.05, 0) is 132 Å². The molecule has 2 aliphatic rings. The second-order valence-corrected chi connectivity index (χ2v) is 13.8. The van der Waals surface area contributed by atoms with Gasteiger partial charge >= 0.3 is 0 Å². The van der Waals surface area contributed by atoms with Crippen molar-refractivity contribution in [2.75, 3.05) is 11.9 Å². The SMILES string of the molecule is C=C/C=C\C=CC(=NC(=Nc1ccccc1)c1ccc(N(C(=C)/C=C\C=C)c2cc(C3=Cc4c(c5c(n4-c4ccccc4)C=CC5)CC3)ccc2CC)cc1)NC.CC.CC. The number of para-hydroxylation sites is 2. The molecule has 1 N–H and O–H groups in total. The van der Waals surface area contributed by atoms with Gasteiger partial charge < -0.3 is 14.8 Å². The molecule has 0 atom stereocenters.